The van der Waals surface area contributed by atoms with Gasteiger partial charge in [0.1, 0.15) is 22.1 Å². The Morgan fingerprint density at radius 1 is 0.971 bits per heavy atom. The minimum Gasteiger partial charge on any atom is -0.423 e. The molecule has 0 fully saturated rings. The smallest absolute Gasteiger partial charge is 0.336 e. The van der Waals surface area contributed by atoms with Gasteiger partial charge in [-0.25, -0.2) is 9.18 Å². The van der Waals surface area contributed by atoms with Crippen LogP contribution in [0.1, 0.15) is 12.5 Å². The van der Waals surface area contributed by atoms with Crippen LogP contribution < -0.4 is 10.9 Å². The topological polar surface area (TPSA) is 85.1 Å². The number of rotatable bonds is 5. The summed E-state index contributed by atoms with van der Waals surface area (Å²) in [6, 6.07) is 20.6. The highest BCUT2D eigenvalue weighted by Crippen LogP contribution is 2.34. The summed E-state index contributed by atoms with van der Waals surface area (Å²) in [7, 11) is 0. The van der Waals surface area contributed by atoms with Crippen LogP contribution in [0.3, 0.4) is 0 Å². The number of halogens is 1. The van der Waals surface area contributed by atoms with Gasteiger partial charge in [0, 0.05) is 52.2 Å². The molecule has 2 heterocycles. The lowest BCUT2D eigenvalue weighted by molar-refractivity contribution is -0.114. The van der Waals surface area contributed by atoms with Gasteiger partial charge in [0.05, 0.1) is 0 Å². The second-order valence-electron chi connectivity index (χ2n) is 7.68. The first-order chi connectivity index (χ1) is 16.5. The predicted octanol–water partition coefficient (Wildman–Crippen LogP) is 5.79. The molecule has 0 aliphatic heterocycles. The van der Waals surface area contributed by atoms with Gasteiger partial charge < -0.3 is 9.73 Å². The summed E-state index contributed by atoms with van der Waals surface area (Å²) in [5.41, 5.74) is 2.74. The number of amides is 1. The Kier molecular flexibility index (Phi) is 5.81. The highest BCUT2D eigenvalue weighted by atomic mass is 32.2. The van der Waals surface area contributed by atoms with Gasteiger partial charge in [0.25, 0.3) is 0 Å². The number of nitrogens with one attached hydrogen (secondary N) is 1. The van der Waals surface area contributed by atoms with E-state index >= 15 is 0 Å². The molecular formula is C26H18FN3O3S. The molecule has 5 aromatic rings. The molecule has 34 heavy (non-hydrogen) atoms. The minimum atomic E-state index is -0.467. The van der Waals surface area contributed by atoms with Crippen molar-refractivity contribution in [3.63, 3.8) is 0 Å². The van der Waals surface area contributed by atoms with Crippen LogP contribution in [0.2, 0.25) is 0 Å². The lowest BCUT2D eigenvalue weighted by Crippen LogP contribution is -2.06. The van der Waals surface area contributed by atoms with Crippen molar-refractivity contribution in [2.75, 3.05) is 5.32 Å². The zero-order valence-corrected chi connectivity index (χ0v) is 18.9. The summed E-state index contributed by atoms with van der Waals surface area (Å²) < 4.78 is 18.7. The average molecular weight is 472 g/mol. The zero-order valence-electron chi connectivity index (χ0n) is 18.0. The largest absolute Gasteiger partial charge is 0.423 e. The van der Waals surface area contributed by atoms with E-state index in [-0.39, 0.29) is 11.7 Å². The number of hydrogen-bond donors (Lipinski definition) is 1. The number of nitrogens with zero attached hydrogens (tertiary/aromatic N) is 2. The summed E-state index contributed by atoms with van der Waals surface area (Å²) in [5, 5.41) is 14.9. The second-order valence-corrected chi connectivity index (χ2v) is 8.64. The molecule has 6 nitrogen and oxygen atoms in total. The van der Waals surface area contributed by atoms with Crippen LogP contribution in [0.4, 0.5) is 10.1 Å². The molecule has 0 bridgehead atoms. The molecule has 2 aromatic heterocycles. The Morgan fingerprint density at radius 2 is 1.74 bits per heavy atom. The normalized spacial score (nSPS) is 11.1. The standard InChI is InChI=1S/C26H18FN3O3S/c1-15(31)28-19-10-11-20-17(12-24(32)33-23(20)13-19)14-34-26-22-5-3-2-4-21(22)25(29-30-26)16-6-8-18(27)9-7-16/h2-13H,14H2,1H3,(H,28,31). The molecule has 0 saturated heterocycles. The molecule has 0 saturated carbocycles. The number of benzene rings is 3. The Bertz CT molecular complexity index is 1600. The van der Waals surface area contributed by atoms with Crippen molar-refractivity contribution in [1.82, 2.24) is 10.2 Å². The molecule has 168 valence electrons. The van der Waals surface area contributed by atoms with E-state index in [1.807, 2.05) is 30.3 Å². The zero-order chi connectivity index (χ0) is 23.7. The van der Waals surface area contributed by atoms with E-state index in [4.69, 9.17) is 4.42 Å². The van der Waals surface area contributed by atoms with E-state index in [0.29, 0.717) is 22.7 Å². The summed E-state index contributed by atoms with van der Waals surface area (Å²) in [6.45, 7) is 1.42. The van der Waals surface area contributed by atoms with Crippen molar-refractivity contribution in [3.05, 3.63) is 94.6 Å². The fraction of sp³-hybridized carbons (Fsp3) is 0.0769. The van der Waals surface area contributed by atoms with E-state index in [2.05, 4.69) is 15.5 Å². The summed E-state index contributed by atoms with van der Waals surface area (Å²) >= 11 is 1.46. The van der Waals surface area contributed by atoms with Crippen molar-refractivity contribution in [3.8, 4) is 11.3 Å². The summed E-state index contributed by atoms with van der Waals surface area (Å²) in [4.78, 5) is 23.5. The highest BCUT2D eigenvalue weighted by Gasteiger charge is 2.13. The van der Waals surface area contributed by atoms with E-state index in [0.717, 1.165) is 32.3 Å². The third kappa shape index (κ3) is 4.40. The molecule has 0 radical (unpaired) electrons. The van der Waals surface area contributed by atoms with Gasteiger partial charge in [0.2, 0.25) is 5.91 Å². The fourth-order valence-electron chi connectivity index (χ4n) is 3.78. The number of carbonyl (C=O) groups excluding carboxylic acids is 1. The number of hydrogen-bond acceptors (Lipinski definition) is 6. The van der Waals surface area contributed by atoms with Gasteiger partial charge in [-0.3, -0.25) is 4.79 Å². The Hall–Kier alpha value is -4.04. The molecule has 8 heteroatoms. The monoisotopic (exact) mass is 471 g/mol. The van der Waals surface area contributed by atoms with Crippen LogP contribution in [0, 0.1) is 5.82 Å². The average Bonchev–Trinajstić information content (AvgIpc) is 2.82. The maximum Gasteiger partial charge on any atom is 0.336 e. The number of fused-ring (bicyclic) bond motifs is 2. The number of thioether (sulfide) groups is 1. The van der Waals surface area contributed by atoms with Crippen molar-refractivity contribution in [1.29, 1.82) is 0 Å². The Labute approximate surface area is 197 Å². The van der Waals surface area contributed by atoms with Crippen molar-refractivity contribution in [2.24, 2.45) is 0 Å². The van der Waals surface area contributed by atoms with Gasteiger partial charge in [0.15, 0.2) is 0 Å². The Morgan fingerprint density at radius 3 is 2.50 bits per heavy atom. The fourth-order valence-corrected chi connectivity index (χ4v) is 4.75. The Balaban J connectivity index is 1.50. The summed E-state index contributed by atoms with van der Waals surface area (Å²) in [6.07, 6.45) is 0. The van der Waals surface area contributed by atoms with Gasteiger partial charge in [-0.05, 0) is 42.0 Å². The lowest BCUT2D eigenvalue weighted by atomic mass is 10.1. The highest BCUT2D eigenvalue weighted by molar-refractivity contribution is 7.98. The van der Waals surface area contributed by atoms with Gasteiger partial charge in [-0.1, -0.05) is 36.0 Å². The van der Waals surface area contributed by atoms with Crippen molar-refractivity contribution < 1.29 is 13.6 Å². The van der Waals surface area contributed by atoms with E-state index in [9.17, 15) is 14.0 Å². The van der Waals surface area contributed by atoms with Crippen LogP contribution >= 0.6 is 11.8 Å². The van der Waals surface area contributed by atoms with Crippen LogP contribution in [0.15, 0.2) is 87.0 Å². The van der Waals surface area contributed by atoms with E-state index < -0.39 is 5.63 Å². The van der Waals surface area contributed by atoms with E-state index in [1.165, 1.54) is 36.9 Å². The van der Waals surface area contributed by atoms with Gasteiger partial charge in [-0.2, -0.15) is 0 Å². The summed E-state index contributed by atoms with van der Waals surface area (Å²) in [5.74, 6) is -0.0456. The van der Waals surface area contributed by atoms with Crippen LogP contribution in [-0.4, -0.2) is 16.1 Å². The molecule has 1 N–H and O–H groups in total. The maximum absolute atomic E-state index is 13.4. The third-order valence-electron chi connectivity index (χ3n) is 5.29. The van der Waals surface area contributed by atoms with Crippen molar-refractivity contribution in [2.45, 2.75) is 17.7 Å². The minimum absolute atomic E-state index is 0.206. The van der Waals surface area contributed by atoms with Crippen LogP contribution in [-0.2, 0) is 10.5 Å². The molecule has 3 aromatic carbocycles. The van der Waals surface area contributed by atoms with Gasteiger partial charge in [-0.15, -0.1) is 10.2 Å². The molecule has 0 unspecified atom stereocenters. The lowest BCUT2D eigenvalue weighted by Gasteiger charge is -2.10. The van der Waals surface area contributed by atoms with Crippen molar-refractivity contribution >= 4 is 45.1 Å². The first-order valence-corrected chi connectivity index (χ1v) is 11.4. The molecule has 0 aliphatic carbocycles. The van der Waals surface area contributed by atoms with Crippen LogP contribution in [0.25, 0.3) is 33.0 Å². The number of carbonyl (C=O) groups is 1. The van der Waals surface area contributed by atoms with E-state index in [1.54, 1.807) is 24.3 Å². The second kappa shape index (κ2) is 9.07. The van der Waals surface area contributed by atoms with Gasteiger partial charge >= 0.3 is 5.63 Å². The quantitative estimate of drug-likeness (QED) is 0.258. The number of aromatic nitrogens is 2. The molecular weight excluding hydrogens is 453 g/mol. The van der Waals surface area contributed by atoms with Crippen LogP contribution in [0.5, 0.6) is 0 Å². The third-order valence-corrected chi connectivity index (χ3v) is 6.32. The number of anilines is 1. The molecule has 5 rings (SSSR count). The first-order valence-electron chi connectivity index (χ1n) is 10.5. The first kappa shape index (κ1) is 21.8. The molecule has 0 aliphatic rings. The maximum atomic E-state index is 13.4. The SMILES string of the molecule is CC(=O)Nc1ccc2c(CSc3nnc(-c4ccc(F)cc4)c4ccccc34)cc(=O)oc2c1. The molecule has 0 spiro atoms. The molecule has 1 amide bonds. The molecule has 0 atom stereocenters. The predicted molar refractivity (Wildman–Crippen MR) is 131 cm³/mol.